The van der Waals surface area contributed by atoms with Gasteiger partial charge in [-0.05, 0) is 18.4 Å². The molecule has 1 aromatic carbocycles. The number of aliphatic hydroxyl groups excluding tert-OH is 2. The van der Waals surface area contributed by atoms with Crippen molar-refractivity contribution in [2.24, 2.45) is 0 Å². The van der Waals surface area contributed by atoms with Crippen LogP contribution >= 0.6 is 0 Å². The quantitative estimate of drug-likeness (QED) is 0.570. The van der Waals surface area contributed by atoms with Crippen LogP contribution in [0.15, 0.2) is 39.9 Å². The van der Waals surface area contributed by atoms with Gasteiger partial charge in [-0.2, -0.15) is 0 Å². The highest BCUT2D eigenvalue weighted by atomic mass is 16.3. The van der Waals surface area contributed by atoms with Gasteiger partial charge in [0, 0.05) is 13.1 Å². The van der Waals surface area contributed by atoms with E-state index in [4.69, 9.17) is 0 Å². The number of hydrogen-bond donors (Lipinski definition) is 2. The largest absolute Gasteiger partial charge is 0.388 e. The maximum atomic E-state index is 13.3. The van der Waals surface area contributed by atoms with E-state index >= 15 is 0 Å². The summed E-state index contributed by atoms with van der Waals surface area (Å²) in [6.07, 6.45) is 1.39. The van der Waals surface area contributed by atoms with Crippen LogP contribution < -0.4 is 11.2 Å². The third-order valence-corrected chi connectivity index (χ3v) is 5.06. The first-order valence-electron chi connectivity index (χ1n) is 10.1. The molecule has 29 heavy (non-hydrogen) atoms. The molecule has 3 aromatic rings. The third-order valence-electron chi connectivity index (χ3n) is 5.06. The van der Waals surface area contributed by atoms with Crippen molar-refractivity contribution in [3.05, 3.63) is 62.6 Å². The highest BCUT2D eigenvalue weighted by molar-refractivity contribution is 5.71. The molecule has 0 aliphatic rings. The summed E-state index contributed by atoms with van der Waals surface area (Å²) in [5.74, 6) is 0.366. The van der Waals surface area contributed by atoms with Crippen LogP contribution in [0, 0.1) is 0 Å². The van der Waals surface area contributed by atoms with Gasteiger partial charge in [-0.25, -0.2) is 9.78 Å². The van der Waals surface area contributed by atoms with Gasteiger partial charge in [0.15, 0.2) is 11.2 Å². The zero-order valence-corrected chi connectivity index (χ0v) is 16.9. The monoisotopic (exact) mass is 400 g/mol. The molecule has 0 saturated heterocycles. The van der Waals surface area contributed by atoms with Gasteiger partial charge in [0.1, 0.15) is 12.4 Å². The zero-order chi connectivity index (χ0) is 21.0. The van der Waals surface area contributed by atoms with Crippen molar-refractivity contribution < 1.29 is 10.2 Å². The summed E-state index contributed by atoms with van der Waals surface area (Å²) in [5, 5.41) is 20.3. The van der Waals surface area contributed by atoms with Crippen molar-refractivity contribution in [2.45, 2.75) is 65.5 Å². The van der Waals surface area contributed by atoms with Crippen LogP contribution in [0.1, 0.15) is 50.6 Å². The highest BCUT2D eigenvalue weighted by Gasteiger charge is 2.22. The number of benzene rings is 1. The molecule has 0 saturated carbocycles. The lowest BCUT2D eigenvalue weighted by Gasteiger charge is -2.15. The van der Waals surface area contributed by atoms with Gasteiger partial charge in [0.05, 0.1) is 12.6 Å². The maximum absolute atomic E-state index is 13.3. The Morgan fingerprint density at radius 2 is 1.72 bits per heavy atom. The summed E-state index contributed by atoms with van der Waals surface area (Å²) >= 11 is 0. The molecule has 0 bridgehead atoms. The summed E-state index contributed by atoms with van der Waals surface area (Å²) in [6.45, 7) is 4.46. The first kappa shape index (κ1) is 21.0. The van der Waals surface area contributed by atoms with Crippen LogP contribution in [0.4, 0.5) is 0 Å². The van der Waals surface area contributed by atoms with Gasteiger partial charge < -0.3 is 14.8 Å². The number of rotatable bonds is 9. The number of unbranched alkanes of at least 4 members (excludes halogenated alkanes) is 1. The molecular formula is C21H28N4O4. The van der Waals surface area contributed by atoms with Gasteiger partial charge >= 0.3 is 5.69 Å². The summed E-state index contributed by atoms with van der Waals surface area (Å²) in [7, 11) is 0. The Bertz CT molecular complexity index is 1080. The Hall–Kier alpha value is -2.71. The Morgan fingerprint density at radius 3 is 2.34 bits per heavy atom. The fraction of sp³-hybridized carbons (Fsp3) is 0.476. The molecule has 2 N–H and O–H groups in total. The number of aromatic nitrogens is 4. The molecule has 1 atom stereocenters. The van der Waals surface area contributed by atoms with Crippen molar-refractivity contribution in [3.63, 3.8) is 0 Å². The van der Waals surface area contributed by atoms with Crippen LogP contribution in [-0.2, 0) is 26.2 Å². The average Bonchev–Trinajstić information content (AvgIpc) is 3.10. The fourth-order valence-corrected chi connectivity index (χ4v) is 3.55. The molecular weight excluding hydrogens is 372 g/mol. The Balaban J connectivity index is 2.22. The lowest BCUT2D eigenvalue weighted by atomic mass is 10.1. The smallest absolute Gasteiger partial charge is 0.332 e. The Morgan fingerprint density at radius 1 is 1.00 bits per heavy atom. The van der Waals surface area contributed by atoms with Crippen molar-refractivity contribution in [3.8, 4) is 0 Å². The first-order chi connectivity index (χ1) is 14.0. The van der Waals surface area contributed by atoms with E-state index in [0.29, 0.717) is 35.6 Å². The van der Waals surface area contributed by atoms with E-state index in [1.54, 1.807) is 28.8 Å². The molecule has 1 unspecified atom stereocenters. The van der Waals surface area contributed by atoms with Crippen molar-refractivity contribution in [1.29, 1.82) is 0 Å². The number of nitrogens with zero attached hydrogens (tertiary/aromatic N) is 4. The van der Waals surface area contributed by atoms with E-state index < -0.39 is 17.4 Å². The second-order valence-electron chi connectivity index (χ2n) is 7.14. The number of fused-ring (bicyclic) bond motifs is 1. The topological polar surface area (TPSA) is 102 Å². The van der Waals surface area contributed by atoms with Crippen LogP contribution in [0.3, 0.4) is 0 Å². The second-order valence-corrected chi connectivity index (χ2v) is 7.14. The fourth-order valence-electron chi connectivity index (χ4n) is 3.55. The summed E-state index contributed by atoms with van der Waals surface area (Å²) in [4.78, 5) is 30.8. The SMILES string of the molecule is CCCCn1c(=O)n(CC(O)c2ccccc2)c(=O)c2c1nc(CO)n2CCC. The van der Waals surface area contributed by atoms with E-state index in [2.05, 4.69) is 4.98 Å². The second kappa shape index (κ2) is 9.19. The Kier molecular flexibility index (Phi) is 6.66. The molecule has 0 fully saturated rings. The molecule has 0 amide bonds. The summed E-state index contributed by atoms with van der Waals surface area (Å²) < 4.78 is 4.26. The lowest BCUT2D eigenvalue weighted by Crippen LogP contribution is -2.42. The van der Waals surface area contributed by atoms with E-state index in [1.807, 2.05) is 19.9 Å². The third kappa shape index (κ3) is 4.04. The highest BCUT2D eigenvalue weighted by Crippen LogP contribution is 2.16. The van der Waals surface area contributed by atoms with E-state index in [0.717, 1.165) is 23.8 Å². The van der Waals surface area contributed by atoms with Gasteiger partial charge in [0.2, 0.25) is 0 Å². The minimum absolute atomic E-state index is 0.143. The van der Waals surface area contributed by atoms with Crippen LogP contribution in [0.25, 0.3) is 11.2 Å². The number of aryl methyl sites for hydroxylation is 2. The molecule has 0 radical (unpaired) electrons. The summed E-state index contributed by atoms with van der Waals surface area (Å²) in [5.41, 5.74) is 0.255. The van der Waals surface area contributed by atoms with Gasteiger partial charge in [0.25, 0.3) is 5.56 Å². The molecule has 156 valence electrons. The van der Waals surface area contributed by atoms with Crippen molar-refractivity contribution in [1.82, 2.24) is 18.7 Å². The molecule has 2 heterocycles. The summed E-state index contributed by atoms with van der Waals surface area (Å²) in [6, 6.07) is 8.96. The number of imidazole rings is 1. The van der Waals surface area contributed by atoms with Crippen LogP contribution in [0.2, 0.25) is 0 Å². The van der Waals surface area contributed by atoms with Gasteiger partial charge in [-0.3, -0.25) is 13.9 Å². The number of aliphatic hydroxyl groups is 2. The molecule has 0 aliphatic carbocycles. The zero-order valence-electron chi connectivity index (χ0n) is 16.9. The minimum atomic E-state index is -0.987. The normalized spacial score (nSPS) is 12.6. The van der Waals surface area contributed by atoms with E-state index in [1.165, 1.54) is 4.57 Å². The molecule has 8 heteroatoms. The first-order valence-corrected chi connectivity index (χ1v) is 10.1. The van der Waals surface area contributed by atoms with Crippen LogP contribution in [0.5, 0.6) is 0 Å². The van der Waals surface area contributed by atoms with Gasteiger partial charge in [-0.15, -0.1) is 0 Å². The molecule has 3 rings (SSSR count). The lowest BCUT2D eigenvalue weighted by molar-refractivity contribution is 0.152. The average molecular weight is 400 g/mol. The van der Waals surface area contributed by atoms with Gasteiger partial charge in [-0.1, -0.05) is 50.6 Å². The molecule has 0 aliphatic heterocycles. The van der Waals surface area contributed by atoms with E-state index in [-0.39, 0.29) is 13.2 Å². The Labute approximate surface area is 168 Å². The van der Waals surface area contributed by atoms with Crippen molar-refractivity contribution >= 4 is 11.2 Å². The minimum Gasteiger partial charge on any atom is -0.388 e. The molecule has 0 spiro atoms. The predicted molar refractivity (Wildman–Crippen MR) is 111 cm³/mol. The number of hydrogen-bond acceptors (Lipinski definition) is 5. The predicted octanol–water partition coefficient (Wildman–Crippen LogP) is 1.80. The van der Waals surface area contributed by atoms with Crippen LogP contribution in [-0.4, -0.2) is 28.9 Å². The van der Waals surface area contributed by atoms with E-state index in [9.17, 15) is 19.8 Å². The standard InChI is InChI=1S/C21H28N4O4/c1-3-5-12-24-19-18(23(11-4-2)17(14-26)22-19)20(28)25(21(24)29)13-16(27)15-9-7-6-8-10-15/h6-10,16,26-27H,3-5,11-14H2,1-2H3. The maximum Gasteiger partial charge on any atom is 0.332 e. The molecule has 2 aromatic heterocycles. The molecule has 8 nitrogen and oxygen atoms in total. The van der Waals surface area contributed by atoms with Crippen molar-refractivity contribution in [2.75, 3.05) is 0 Å².